The predicted molar refractivity (Wildman–Crippen MR) is 70.9 cm³/mol. The fraction of sp³-hybridized carbons (Fsp3) is 0.500. The second kappa shape index (κ2) is 4.90. The van der Waals surface area contributed by atoms with Crippen LogP contribution in [-0.4, -0.2) is 61.6 Å². The van der Waals surface area contributed by atoms with Crippen molar-refractivity contribution in [2.45, 2.75) is 24.2 Å². The number of aromatic nitrogens is 3. The van der Waals surface area contributed by atoms with Gasteiger partial charge in [0.1, 0.15) is 30.0 Å². The molecule has 0 amide bonds. The first kappa shape index (κ1) is 14.2. The molecule has 21 heavy (non-hydrogen) atoms. The lowest BCUT2D eigenvalue weighted by Gasteiger charge is -2.30. The quantitative estimate of drug-likeness (QED) is 0.508. The molecule has 0 unspecified atom stereocenters. The molecule has 0 bridgehead atoms. The van der Waals surface area contributed by atoms with E-state index in [1.165, 1.54) is 18.0 Å². The van der Waals surface area contributed by atoms with Crippen LogP contribution in [0.15, 0.2) is 18.6 Å². The van der Waals surface area contributed by atoms with E-state index in [1.54, 1.807) is 12.3 Å². The Labute approximate surface area is 119 Å². The third-order valence-corrected chi connectivity index (χ3v) is 3.73. The minimum atomic E-state index is -2.01. The van der Waals surface area contributed by atoms with Crippen molar-refractivity contribution >= 4 is 16.9 Å². The van der Waals surface area contributed by atoms with Crippen molar-refractivity contribution in [3.05, 3.63) is 18.6 Å². The number of aliphatic hydroxyl groups excluding tert-OH is 2. The average Bonchev–Trinajstić information content (AvgIpc) is 3.01. The Hall–Kier alpha value is -1.78. The molecule has 1 aliphatic rings. The maximum atomic E-state index is 10.5. The molecule has 2 aromatic heterocycles. The van der Waals surface area contributed by atoms with Crippen LogP contribution in [0, 0.1) is 0 Å². The van der Waals surface area contributed by atoms with Gasteiger partial charge < -0.3 is 35.1 Å². The van der Waals surface area contributed by atoms with E-state index >= 15 is 0 Å². The van der Waals surface area contributed by atoms with Gasteiger partial charge in [0.2, 0.25) is 5.79 Å². The smallest absolute Gasteiger partial charge is 0.241 e. The van der Waals surface area contributed by atoms with E-state index in [0.29, 0.717) is 11.0 Å². The van der Waals surface area contributed by atoms with Crippen molar-refractivity contribution in [2.75, 3.05) is 19.5 Å². The maximum Gasteiger partial charge on any atom is 0.241 e. The minimum absolute atomic E-state index is 0.289. The van der Waals surface area contributed by atoms with E-state index in [1.807, 2.05) is 0 Å². The monoisotopic (exact) mass is 296 g/mol. The molecule has 0 aliphatic carbocycles. The highest BCUT2D eigenvalue weighted by atomic mass is 16.7. The standard InChI is InChI=1S/C12H16N4O5/c1-20-12(19)8(18)7(4-17)21-11(12)16-3-2-6-9(13)14-5-15-10(6)16/h2-3,5,7-8,11,17-19H,4H2,1H3,(H2,13,14,15)/t7-,8-,11-,12+/m1/s1. The Morgan fingerprint density at radius 3 is 2.95 bits per heavy atom. The summed E-state index contributed by atoms with van der Waals surface area (Å²) in [6, 6.07) is 1.67. The molecular formula is C12H16N4O5. The molecule has 5 N–H and O–H groups in total. The number of ether oxygens (including phenoxy) is 2. The predicted octanol–water partition coefficient (Wildman–Crippen LogP) is -1.40. The van der Waals surface area contributed by atoms with E-state index in [0.717, 1.165) is 0 Å². The van der Waals surface area contributed by atoms with Gasteiger partial charge in [0.15, 0.2) is 6.23 Å². The second-order valence-corrected chi connectivity index (χ2v) is 4.83. The molecule has 114 valence electrons. The highest BCUT2D eigenvalue weighted by Crippen LogP contribution is 2.40. The van der Waals surface area contributed by atoms with Crippen LogP contribution in [0.4, 0.5) is 5.82 Å². The first-order valence-corrected chi connectivity index (χ1v) is 6.32. The van der Waals surface area contributed by atoms with Gasteiger partial charge in [-0.3, -0.25) is 0 Å². The first-order chi connectivity index (χ1) is 10.0. The summed E-state index contributed by atoms with van der Waals surface area (Å²) < 4.78 is 12.0. The summed E-state index contributed by atoms with van der Waals surface area (Å²) in [5, 5.41) is 30.4. The summed E-state index contributed by atoms with van der Waals surface area (Å²) in [6.07, 6.45) is -0.585. The number of hydrogen-bond donors (Lipinski definition) is 4. The van der Waals surface area contributed by atoms with Gasteiger partial charge in [0.25, 0.3) is 0 Å². The number of nitrogens with two attached hydrogens (primary N) is 1. The molecule has 0 spiro atoms. The van der Waals surface area contributed by atoms with Crippen molar-refractivity contribution in [2.24, 2.45) is 0 Å². The van der Waals surface area contributed by atoms with Crippen molar-refractivity contribution < 1.29 is 24.8 Å². The minimum Gasteiger partial charge on any atom is -0.394 e. The van der Waals surface area contributed by atoms with Crippen molar-refractivity contribution in [3.8, 4) is 0 Å². The number of aliphatic hydroxyl groups is 3. The number of nitrogens with zero attached hydrogens (tertiary/aromatic N) is 3. The number of methoxy groups -OCH3 is 1. The molecule has 2 aromatic rings. The van der Waals surface area contributed by atoms with Gasteiger partial charge in [0.05, 0.1) is 12.0 Å². The molecule has 9 heteroatoms. The van der Waals surface area contributed by atoms with Gasteiger partial charge in [-0.05, 0) is 6.07 Å². The lowest BCUT2D eigenvalue weighted by Crippen LogP contribution is -2.48. The molecule has 0 radical (unpaired) electrons. The Morgan fingerprint density at radius 1 is 1.52 bits per heavy atom. The van der Waals surface area contributed by atoms with E-state index in [2.05, 4.69) is 9.97 Å². The maximum absolute atomic E-state index is 10.5. The third-order valence-electron chi connectivity index (χ3n) is 3.73. The summed E-state index contributed by atoms with van der Waals surface area (Å²) in [5.41, 5.74) is 6.19. The van der Waals surface area contributed by atoms with Gasteiger partial charge in [-0.15, -0.1) is 0 Å². The van der Waals surface area contributed by atoms with Gasteiger partial charge in [-0.2, -0.15) is 0 Å². The van der Waals surface area contributed by atoms with Gasteiger partial charge in [-0.25, -0.2) is 9.97 Å². The van der Waals surface area contributed by atoms with Gasteiger partial charge >= 0.3 is 0 Å². The number of hydrogen-bond acceptors (Lipinski definition) is 8. The Morgan fingerprint density at radius 2 is 2.29 bits per heavy atom. The Kier molecular flexibility index (Phi) is 3.30. The number of fused-ring (bicyclic) bond motifs is 1. The lowest BCUT2D eigenvalue weighted by molar-refractivity contribution is -0.264. The van der Waals surface area contributed by atoms with E-state index in [-0.39, 0.29) is 5.82 Å². The van der Waals surface area contributed by atoms with Crippen molar-refractivity contribution in [1.29, 1.82) is 0 Å². The Bertz CT molecular complexity index is 662. The zero-order valence-electron chi connectivity index (χ0n) is 11.2. The van der Waals surface area contributed by atoms with Crippen LogP contribution in [0.3, 0.4) is 0 Å². The van der Waals surface area contributed by atoms with Crippen LogP contribution in [0.1, 0.15) is 6.23 Å². The number of anilines is 1. The van der Waals surface area contributed by atoms with Crippen LogP contribution in [-0.2, 0) is 9.47 Å². The zero-order valence-corrected chi connectivity index (χ0v) is 11.2. The van der Waals surface area contributed by atoms with Gasteiger partial charge in [-0.1, -0.05) is 0 Å². The summed E-state index contributed by atoms with van der Waals surface area (Å²) in [5.74, 6) is -1.73. The molecule has 1 saturated heterocycles. The molecule has 9 nitrogen and oxygen atoms in total. The molecule has 3 rings (SSSR count). The second-order valence-electron chi connectivity index (χ2n) is 4.83. The Balaban J connectivity index is 2.11. The summed E-state index contributed by atoms with van der Waals surface area (Å²) in [4.78, 5) is 7.98. The van der Waals surface area contributed by atoms with Crippen molar-refractivity contribution in [3.63, 3.8) is 0 Å². The van der Waals surface area contributed by atoms with Crippen LogP contribution < -0.4 is 5.73 Å². The highest BCUT2D eigenvalue weighted by Gasteiger charge is 2.57. The summed E-state index contributed by atoms with van der Waals surface area (Å²) in [6.45, 7) is -0.459. The van der Waals surface area contributed by atoms with Gasteiger partial charge in [0, 0.05) is 13.3 Å². The molecule has 0 saturated carbocycles. The summed E-state index contributed by atoms with van der Waals surface area (Å²) >= 11 is 0. The largest absolute Gasteiger partial charge is 0.394 e. The average molecular weight is 296 g/mol. The molecule has 3 heterocycles. The van der Waals surface area contributed by atoms with Crippen molar-refractivity contribution in [1.82, 2.24) is 14.5 Å². The van der Waals surface area contributed by atoms with E-state index in [4.69, 9.17) is 15.2 Å². The fourth-order valence-electron chi connectivity index (χ4n) is 2.56. The zero-order chi connectivity index (χ0) is 15.2. The molecular weight excluding hydrogens is 280 g/mol. The normalized spacial score (nSPS) is 32.9. The lowest BCUT2D eigenvalue weighted by atomic mass is 10.1. The molecule has 1 aliphatic heterocycles. The molecule has 0 aromatic carbocycles. The number of rotatable bonds is 3. The third kappa shape index (κ3) is 1.90. The first-order valence-electron chi connectivity index (χ1n) is 6.32. The highest BCUT2D eigenvalue weighted by molar-refractivity contribution is 5.86. The molecule has 1 fully saturated rings. The topological polar surface area (TPSA) is 136 Å². The van der Waals surface area contributed by atoms with Crippen LogP contribution in [0.5, 0.6) is 0 Å². The SMILES string of the molecule is CO[C@@]1(O)[C@H](O)[C@@H](CO)O[C@H]1n1ccc2c(N)ncnc21. The summed E-state index contributed by atoms with van der Waals surface area (Å²) in [7, 11) is 1.24. The van der Waals surface area contributed by atoms with Crippen LogP contribution in [0.25, 0.3) is 11.0 Å². The van der Waals surface area contributed by atoms with E-state index in [9.17, 15) is 15.3 Å². The van der Waals surface area contributed by atoms with Crippen LogP contribution >= 0.6 is 0 Å². The fourth-order valence-corrected chi connectivity index (χ4v) is 2.56. The number of nitrogen functional groups attached to an aromatic ring is 1. The van der Waals surface area contributed by atoms with E-state index < -0.39 is 30.8 Å². The molecule has 4 atom stereocenters. The van der Waals surface area contributed by atoms with Crippen LogP contribution in [0.2, 0.25) is 0 Å².